The van der Waals surface area contributed by atoms with Gasteiger partial charge in [-0.25, -0.2) is 23.7 Å². The van der Waals surface area contributed by atoms with E-state index in [9.17, 15) is 8.78 Å². The maximum atomic E-state index is 14.5. The molecule has 0 bridgehead atoms. The van der Waals surface area contributed by atoms with Gasteiger partial charge in [0.1, 0.15) is 17.9 Å². The number of ether oxygens (including phenoxy) is 1. The summed E-state index contributed by atoms with van der Waals surface area (Å²) in [6, 6.07) is -1.84. The molecule has 3 unspecified atom stereocenters. The molecule has 0 radical (unpaired) electrons. The van der Waals surface area contributed by atoms with Crippen molar-refractivity contribution in [1.82, 2.24) is 19.5 Å². The number of aliphatic hydroxyl groups is 1. The lowest BCUT2D eigenvalue weighted by molar-refractivity contribution is -0.118. The summed E-state index contributed by atoms with van der Waals surface area (Å²) >= 11 is 0. The van der Waals surface area contributed by atoms with Gasteiger partial charge < -0.3 is 15.6 Å². The molecule has 0 spiro atoms. The van der Waals surface area contributed by atoms with Crippen LogP contribution in [-0.4, -0.2) is 49.3 Å². The number of hydrogen-bond donors (Lipinski definition) is 2. The average molecular weight is 312 g/mol. The predicted octanol–water partition coefficient (Wildman–Crippen LogP) is 0.612. The maximum Gasteiger partial charge on any atom is 0.303 e. The summed E-state index contributed by atoms with van der Waals surface area (Å²) in [5, 5.41) is 12.2. The number of rotatable bonds is 3. The lowest BCUT2D eigenvalue weighted by Crippen LogP contribution is -2.37. The van der Waals surface area contributed by atoms with E-state index in [0.29, 0.717) is 0 Å². The Balaban J connectivity index is 2.10. The molecule has 2 aromatic rings. The van der Waals surface area contributed by atoms with Crippen LogP contribution in [0.2, 0.25) is 0 Å². The number of imidazole rings is 1. The molecule has 0 saturated carbocycles. The van der Waals surface area contributed by atoms with Crippen molar-refractivity contribution in [2.24, 2.45) is 5.11 Å². The minimum absolute atomic E-state index is 0.0374. The largest absolute Gasteiger partial charge is 0.394 e. The first kappa shape index (κ1) is 14.4. The number of nitrogens with two attached hydrogens (primary N) is 1. The molecular weight excluding hydrogens is 302 g/mol. The summed E-state index contributed by atoms with van der Waals surface area (Å²) in [6.07, 6.45) is -0.981. The molecule has 12 heteroatoms. The predicted molar refractivity (Wildman–Crippen MR) is 68.6 cm³/mol. The highest BCUT2D eigenvalue weighted by molar-refractivity contribution is 5.81. The van der Waals surface area contributed by atoms with Crippen molar-refractivity contribution in [2.75, 3.05) is 12.3 Å². The van der Waals surface area contributed by atoms with E-state index in [0.717, 1.165) is 17.2 Å². The lowest BCUT2D eigenvalue weighted by atomic mass is 10.1. The molecule has 0 amide bonds. The molecule has 2 aromatic heterocycles. The third-order valence-electron chi connectivity index (χ3n) is 3.38. The Labute approximate surface area is 121 Å². The van der Waals surface area contributed by atoms with Gasteiger partial charge in [0.25, 0.3) is 0 Å². The molecule has 3 rings (SSSR count). The van der Waals surface area contributed by atoms with Crippen LogP contribution < -0.4 is 5.73 Å². The van der Waals surface area contributed by atoms with E-state index in [1.54, 1.807) is 0 Å². The van der Waals surface area contributed by atoms with Gasteiger partial charge in [0.2, 0.25) is 6.23 Å². The number of aliphatic hydroxyl groups excluding tert-OH is 1. The molecule has 10 nitrogen and oxygen atoms in total. The topological polar surface area (TPSA) is 148 Å². The van der Waals surface area contributed by atoms with Gasteiger partial charge in [0, 0.05) is 4.91 Å². The van der Waals surface area contributed by atoms with Crippen LogP contribution in [0.1, 0.15) is 6.23 Å². The fraction of sp³-hybridized carbons (Fsp3) is 0.500. The molecule has 3 heterocycles. The third-order valence-corrected chi connectivity index (χ3v) is 3.38. The van der Waals surface area contributed by atoms with E-state index in [1.807, 2.05) is 0 Å². The van der Waals surface area contributed by atoms with Crippen molar-refractivity contribution < 1.29 is 18.6 Å². The average Bonchev–Trinajstić information content (AvgIpc) is 3.01. The van der Waals surface area contributed by atoms with Gasteiger partial charge in [-0.05, 0) is 5.53 Å². The number of azide groups is 1. The first-order valence-corrected chi connectivity index (χ1v) is 6.12. The maximum absolute atomic E-state index is 14.5. The number of alkyl halides is 2. The van der Waals surface area contributed by atoms with E-state index in [1.165, 1.54) is 0 Å². The minimum atomic E-state index is -3.56. The minimum Gasteiger partial charge on any atom is -0.394 e. The van der Waals surface area contributed by atoms with Crippen LogP contribution in [0, 0.1) is 0 Å². The van der Waals surface area contributed by atoms with Crippen molar-refractivity contribution in [3.8, 4) is 0 Å². The number of hydrogen-bond acceptors (Lipinski definition) is 7. The van der Waals surface area contributed by atoms with E-state index < -0.39 is 30.9 Å². The van der Waals surface area contributed by atoms with Gasteiger partial charge in [-0.15, -0.1) is 0 Å². The number of nitrogen functional groups attached to an aromatic ring is 1. The molecule has 0 aromatic carbocycles. The Morgan fingerprint density at radius 3 is 2.95 bits per heavy atom. The Morgan fingerprint density at radius 2 is 2.27 bits per heavy atom. The third kappa shape index (κ3) is 1.93. The van der Waals surface area contributed by atoms with Gasteiger partial charge in [0.15, 0.2) is 11.5 Å². The van der Waals surface area contributed by atoms with Crippen molar-refractivity contribution in [3.05, 3.63) is 23.1 Å². The summed E-state index contributed by atoms with van der Waals surface area (Å²) in [7, 11) is 0. The van der Waals surface area contributed by atoms with Crippen LogP contribution in [0.4, 0.5) is 14.6 Å². The van der Waals surface area contributed by atoms with Crippen LogP contribution in [0.3, 0.4) is 0 Å². The Hall–Kier alpha value is -2.56. The van der Waals surface area contributed by atoms with Gasteiger partial charge >= 0.3 is 5.92 Å². The van der Waals surface area contributed by atoms with Crippen molar-refractivity contribution in [2.45, 2.75) is 24.3 Å². The molecule has 1 aliphatic heterocycles. The zero-order chi connectivity index (χ0) is 15.9. The zero-order valence-corrected chi connectivity index (χ0v) is 10.9. The van der Waals surface area contributed by atoms with E-state index in [-0.39, 0.29) is 17.0 Å². The molecule has 3 atom stereocenters. The second-order valence-electron chi connectivity index (χ2n) is 4.62. The standard InChI is InChI=1S/C10H10F2N8O2/c11-10(12)6(18-19-14)4(1-21)22-9(10)20-3-17-5-7(13)15-2-16-8(5)20/h2-4,6,9,21H,1H2,(H2,13,15,16). The van der Waals surface area contributed by atoms with Gasteiger partial charge in [-0.3, -0.25) is 4.57 Å². The summed E-state index contributed by atoms with van der Waals surface area (Å²) < 4.78 is 35.0. The SMILES string of the molecule is [N-]=[N+]=NC1C(CO)OC(n2cnc3c(N)ncnc32)C1(F)F. The second kappa shape index (κ2) is 5.02. The van der Waals surface area contributed by atoms with E-state index in [2.05, 4.69) is 25.0 Å². The molecule has 1 aliphatic rings. The fourth-order valence-electron chi connectivity index (χ4n) is 2.37. The molecule has 1 saturated heterocycles. The highest BCUT2D eigenvalue weighted by Gasteiger charge is 2.59. The summed E-state index contributed by atoms with van der Waals surface area (Å²) in [5.74, 6) is -3.53. The molecule has 1 fully saturated rings. The van der Waals surface area contributed by atoms with Gasteiger partial charge in [-0.2, -0.15) is 0 Å². The van der Waals surface area contributed by atoms with E-state index in [4.69, 9.17) is 21.1 Å². The number of halogens is 2. The summed E-state index contributed by atoms with van der Waals surface area (Å²) in [5.41, 5.74) is 14.2. The molecular formula is C10H10F2N8O2. The van der Waals surface area contributed by atoms with Crippen molar-refractivity contribution in [3.63, 3.8) is 0 Å². The van der Waals surface area contributed by atoms with Gasteiger partial charge in [-0.1, -0.05) is 5.11 Å². The van der Waals surface area contributed by atoms with Crippen molar-refractivity contribution >= 4 is 17.0 Å². The second-order valence-corrected chi connectivity index (χ2v) is 4.62. The van der Waals surface area contributed by atoms with Crippen molar-refractivity contribution in [1.29, 1.82) is 0 Å². The first-order valence-electron chi connectivity index (χ1n) is 6.12. The number of aromatic nitrogens is 4. The van der Waals surface area contributed by atoms with Gasteiger partial charge in [0.05, 0.1) is 19.0 Å². The lowest BCUT2D eigenvalue weighted by Gasteiger charge is -2.21. The fourth-order valence-corrected chi connectivity index (χ4v) is 2.37. The van der Waals surface area contributed by atoms with Crippen LogP contribution in [-0.2, 0) is 4.74 Å². The number of fused-ring (bicyclic) bond motifs is 1. The Bertz CT molecular complexity index is 758. The van der Waals surface area contributed by atoms with Crippen LogP contribution in [0.25, 0.3) is 21.6 Å². The number of nitrogens with zero attached hydrogens (tertiary/aromatic N) is 7. The molecule has 116 valence electrons. The smallest absolute Gasteiger partial charge is 0.303 e. The first-order chi connectivity index (χ1) is 10.5. The van der Waals surface area contributed by atoms with E-state index >= 15 is 0 Å². The van der Waals surface area contributed by atoms with Crippen LogP contribution in [0.15, 0.2) is 17.8 Å². The Morgan fingerprint density at radius 1 is 1.50 bits per heavy atom. The normalized spacial score (nSPS) is 27.0. The van der Waals surface area contributed by atoms with Crippen LogP contribution in [0.5, 0.6) is 0 Å². The highest BCUT2D eigenvalue weighted by Crippen LogP contribution is 2.45. The summed E-state index contributed by atoms with van der Waals surface area (Å²) in [6.45, 7) is -0.723. The molecule has 3 N–H and O–H groups in total. The van der Waals surface area contributed by atoms with Crippen LogP contribution >= 0.6 is 0 Å². The molecule has 0 aliphatic carbocycles. The number of anilines is 1. The quantitative estimate of drug-likeness (QED) is 0.482. The highest BCUT2D eigenvalue weighted by atomic mass is 19.3. The zero-order valence-electron chi connectivity index (χ0n) is 10.9. The monoisotopic (exact) mass is 312 g/mol. The Kier molecular flexibility index (Phi) is 3.28. The molecule has 22 heavy (non-hydrogen) atoms. The summed E-state index contributed by atoms with van der Waals surface area (Å²) in [4.78, 5) is 13.9.